The number of carbonyl (C=O) groups is 4. The molecule has 0 bridgehead atoms. The molecular formula is C47H53FN10O8. The monoisotopic (exact) mass is 904 g/mol. The number of oxazole rings is 1. The summed E-state index contributed by atoms with van der Waals surface area (Å²) in [5.41, 5.74) is 4.80. The van der Waals surface area contributed by atoms with Gasteiger partial charge in [0.05, 0.1) is 72.6 Å². The molecule has 66 heavy (non-hydrogen) atoms. The van der Waals surface area contributed by atoms with Gasteiger partial charge in [0.1, 0.15) is 41.6 Å². The third-order valence-electron chi connectivity index (χ3n) is 12.8. The predicted octanol–water partition coefficient (Wildman–Crippen LogP) is 7.55. The summed E-state index contributed by atoms with van der Waals surface area (Å²) in [4.78, 5) is 76.0. The Labute approximate surface area is 379 Å². The standard InChI is InChI=1S/C47H53FN10O8/c1-23(2)38(54-46(61)63-6)43(59)56-14-8-10-33(56)40-49-20-30(52-40)26-12-13-32-28(16-26)18-35-37-29(48)17-27(19-36(37)66-45(58(32)35)42-51-25(5)22-65-42)31-21-50-41(53-31)34-11-9-15-57(34)44(60)39(24(3)4)55-47(62)64-7/h12-13,16-24,33-34,38-39,45H,8-11,14-15H2,1-7H3,(H,49,52)(H,50,53)(H,54,61)(H,55,62)/t33-,34-,38?,39?,45?/m0/s1. The Bertz CT molecular complexity index is 2830. The van der Waals surface area contributed by atoms with Crippen molar-refractivity contribution in [1.29, 1.82) is 0 Å². The van der Waals surface area contributed by atoms with E-state index in [4.69, 9.17) is 23.6 Å². The maximum Gasteiger partial charge on any atom is 0.407 e. The summed E-state index contributed by atoms with van der Waals surface area (Å²) in [6.45, 7) is 10.3. The molecule has 5 atom stereocenters. The van der Waals surface area contributed by atoms with Gasteiger partial charge >= 0.3 is 12.2 Å². The number of H-pyrrole nitrogens is 2. The van der Waals surface area contributed by atoms with Gasteiger partial charge < -0.3 is 49.0 Å². The van der Waals surface area contributed by atoms with Crippen molar-refractivity contribution < 1.29 is 42.2 Å². The quantitative estimate of drug-likeness (QED) is 0.0996. The Morgan fingerprint density at radius 2 is 1.38 bits per heavy atom. The van der Waals surface area contributed by atoms with Crippen molar-refractivity contribution in [2.24, 2.45) is 11.8 Å². The number of carbonyl (C=O) groups excluding carboxylic acids is 4. The van der Waals surface area contributed by atoms with Gasteiger partial charge in [0, 0.05) is 29.6 Å². The Morgan fingerprint density at radius 3 is 1.91 bits per heavy atom. The molecule has 3 unspecified atom stereocenters. The summed E-state index contributed by atoms with van der Waals surface area (Å²) in [6.07, 6.45) is 5.58. The van der Waals surface area contributed by atoms with Gasteiger partial charge in [-0.2, -0.15) is 0 Å². The smallest absolute Gasteiger partial charge is 0.407 e. The SMILES string of the molecule is COC(=O)NC(C(=O)N1CCC[C@H]1c1ncc(-c2cc(F)c3c(c2)OC(c2nc(C)co2)n2c-3cc3cc(-c4cnc([C@@H]5CCCN5C(=O)C(NC(=O)OC)C(C)C)[nH]4)ccc32)[nH]1)C(C)C. The number of halogens is 1. The lowest BCUT2D eigenvalue weighted by atomic mass is 10.0. The molecule has 18 nitrogen and oxygen atoms in total. The molecule has 3 aliphatic heterocycles. The highest BCUT2D eigenvalue weighted by Gasteiger charge is 2.40. The number of hydrogen-bond acceptors (Lipinski definition) is 11. The number of ether oxygens (including phenoxy) is 3. The minimum absolute atomic E-state index is 0.161. The third-order valence-corrected chi connectivity index (χ3v) is 12.8. The van der Waals surface area contributed by atoms with E-state index in [0.717, 1.165) is 35.0 Å². The Hall–Kier alpha value is -7.18. The molecule has 2 fully saturated rings. The van der Waals surface area contributed by atoms with E-state index in [1.807, 2.05) is 63.5 Å². The van der Waals surface area contributed by atoms with E-state index in [2.05, 4.69) is 30.6 Å². The first-order valence-corrected chi connectivity index (χ1v) is 22.2. The van der Waals surface area contributed by atoms with Crippen molar-refractivity contribution in [2.75, 3.05) is 27.3 Å². The number of likely N-dealkylation sites (tertiary alicyclic amines) is 2. The molecule has 7 heterocycles. The summed E-state index contributed by atoms with van der Waals surface area (Å²) in [5.74, 6) is 0.458. The number of fused-ring (bicyclic) bond motifs is 5. The topological polar surface area (TPSA) is 215 Å². The molecule has 0 saturated carbocycles. The molecule has 0 radical (unpaired) electrons. The third kappa shape index (κ3) is 7.99. The number of amides is 4. The molecular weight excluding hydrogens is 852 g/mol. The average molecular weight is 905 g/mol. The number of hydrogen-bond donors (Lipinski definition) is 4. The lowest BCUT2D eigenvalue weighted by molar-refractivity contribution is -0.136. The fourth-order valence-electron chi connectivity index (χ4n) is 9.44. The molecule has 2 saturated heterocycles. The fraction of sp³-hybridized carbons (Fsp3) is 0.426. The molecule has 4 N–H and O–H groups in total. The minimum Gasteiger partial charge on any atom is -0.460 e. The fourth-order valence-corrected chi connectivity index (χ4v) is 9.44. The van der Waals surface area contributed by atoms with Gasteiger partial charge in [0.2, 0.25) is 11.8 Å². The van der Waals surface area contributed by atoms with Crippen molar-refractivity contribution in [3.05, 3.63) is 84.1 Å². The zero-order chi connectivity index (χ0) is 46.6. The Kier molecular flexibility index (Phi) is 11.8. The van der Waals surface area contributed by atoms with Gasteiger partial charge in [-0.3, -0.25) is 14.2 Å². The van der Waals surface area contributed by atoms with E-state index in [1.165, 1.54) is 20.3 Å². The van der Waals surface area contributed by atoms with Gasteiger partial charge in [-0.05, 0) is 74.8 Å². The maximum absolute atomic E-state index is 16.8. The van der Waals surface area contributed by atoms with Crippen LogP contribution in [0, 0.1) is 24.6 Å². The maximum atomic E-state index is 16.8. The summed E-state index contributed by atoms with van der Waals surface area (Å²) in [7, 11) is 2.53. The van der Waals surface area contributed by atoms with Crippen LogP contribution in [0.3, 0.4) is 0 Å². The first kappa shape index (κ1) is 44.0. The molecule has 0 aliphatic carbocycles. The first-order valence-electron chi connectivity index (χ1n) is 22.2. The van der Waals surface area contributed by atoms with Crippen LogP contribution in [-0.4, -0.2) is 103 Å². The molecule has 6 aromatic rings. The van der Waals surface area contributed by atoms with Gasteiger partial charge in [-0.1, -0.05) is 33.8 Å². The lowest BCUT2D eigenvalue weighted by Crippen LogP contribution is -2.51. The predicted molar refractivity (Wildman–Crippen MR) is 238 cm³/mol. The van der Waals surface area contributed by atoms with Crippen molar-refractivity contribution in [1.82, 2.24) is 49.9 Å². The van der Waals surface area contributed by atoms with Gasteiger partial charge in [-0.25, -0.2) is 28.9 Å². The van der Waals surface area contributed by atoms with Crippen LogP contribution in [0.4, 0.5) is 14.0 Å². The van der Waals surface area contributed by atoms with Gasteiger partial charge in [0.25, 0.3) is 12.1 Å². The van der Waals surface area contributed by atoms with E-state index >= 15 is 4.39 Å². The molecule has 0 spiro atoms. The van der Waals surface area contributed by atoms with Crippen LogP contribution < -0.4 is 15.4 Å². The van der Waals surface area contributed by atoms with E-state index in [0.29, 0.717) is 66.1 Å². The van der Waals surface area contributed by atoms with Crippen LogP contribution in [0.2, 0.25) is 0 Å². The number of alkyl carbamates (subject to hydrolysis) is 2. The number of rotatable bonds is 11. The summed E-state index contributed by atoms with van der Waals surface area (Å²) < 4.78 is 40.7. The zero-order valence-corrected chi connectivity index (χ0v) is 37.8. The number of aromatic amines is 2. The van der Waals surface area contributed by atoms with E-state index < -0.39 is 36.3 Å². The number of nitrogens with zero attached hydrogens (tertiary/aromatic N) is 6. The largest absolute Gasteiger partial charge is 0.460 e. The van der Waals surface area contributed by atoms with Crippen LogP contribution in [0.5, 0.6) is 5.75 Å². The van der Waals surface area contributed by atoms with E-state index in [-0.39, 0.29) is 47.0 Å². The summed E-state index contributed by atoms with van der Waals surface area (Å²) >= 11 is 0. The average Bonchev–Trinajstić information content (AvgIpc) is 4.16. The lowest BCUT2D eigenvalue weighted by Gasteiger charge is -2.30. The Balaban J connectivity index is 1.02. The molecule has 19 heteroatoms. The molecule has 3 aliphatic rings. The van der Waals surface area contributed by atoms with Crippen molar-refractivity contribution in [2.45, 2.75) is 90.7 Å². The molecule has 4 aromatic heterocycles. The van der Waals surface area contributed by atoms with Crippen molar-refractivity contribution in [3.63, 3.8) is 0 Å². The number of methoxy groups -OCH3 is 2. The molecule has 4 amide bonds. The highest BCUT2D eigenvalue weighted by Crippen LogP contribution is 2.47. The van der Waals surface area contributed by atoms with Crippen LogP contribution in [0.25, 0.3) is 44.7 Å². The molecule has 9 rings (SSSR count). The van der Waals surface area contributed by atoms with Gasteiger partial charge in [0.15, 0.2) is 0 Å². The molecule has 2 aromatic carbocycles. The van der Waals surface area contributed by atoms with E-state index in [9.17, 15) is 19.2 Å². The second-order valence-electron chi connectivity index (χ2n) is 17.8. The highest BCUT2D eigenvalue weighted by molar-refractivity contribution is 5.93. The van der Waals surface area contributed by atoms with Crippen LogP contribution in [0.1, 0.15) is 94.9 Å². The van der Waals surface area contributed by atoms with Crippen LogP contribution in [0.15, 0.2) is 59.5 Å². The first-order chi connectivity index (χ1) is 31.7. The van der Waals surface area contributed by atoms with Gasteiger partial charge in [-0.15, -0.1) is 0 Å². The number of aromatic nitrogens is 6. The summed E-state index contributed by atoms with van der Waals surface area (Å²) in [6, 6.07) is 8.77. The number of aryl methyl sites for hydroxylation is 1. The second kappa shape index (κ2) is 17.7. The zero-order valence-electron chi connectivity index (χ0n) is 37.8. The highest BCUT2D eigenvalue weighted by atomic mass is 19.1. The number of imidazole rings is 2. The summed E-state index contributed by atoms with van der Waals surface area (Å²) in [5, 5.41) is 6.16. The normalized spacial score (nSPS) is 18.8. The minimum atomic E-state index is -0.880. The number of nitrogens with one attached hydrogen (secondary N) is 4. The molecule has 346 valence electrons. The van der Waals surface area contributed by atoms with E-state index in [1.54, 1.807) is 34.5 Å². The van der Waals surface area contributed by atoms with Crippen molar-refractivity contribution in [3.8, 4) is 39.5 Å². The Morgan fingerprint density at radius 1 is 0.803 bits per heavy atom. The van der Waals surface area contributed by atoms with Crippen LogP contribution in [-0.2, 0) is 19.1 Å². The van der Waals surface area contributed by atoms with Crippen LogP contribution >= 0.6 is 0 Å². The second-order valence-corrected chi connectivity index (χ2v) is 17.8. The van der Waals surface area contributed by atoms with Crippen molar-refractivity contribution >= 4 is 34.9 Å². The number of benzene rings is 2.